The van der Waals surface area contributed by atoms with Crippen molar-refractivity contribution < 1.29 is 0 Å². The number of thiazole rings is 1. The van der Waals surface area contributed by atoms with Crippen LogP contribution in [-0.2, 0) is 6.42 Å². The van der Waals surface area contributed by atoms with Crippen LogP contribution in [0.2, 0.25) is 0 Å². The van der Waals surface area contributed by atoms with E-state index in [4.69, 9.17) is 0 Å². The number of fused-ring (bicyclic) bond motifs is 1. The number of aryl methyl sites for hydroxylation is 1. The van der Waals surface area contributed by atoms with E-state index in [0.29, 0.717) is 6.04 Å². The molecule has 2 aromatic carbocycles. The minimum atomic E-state index is 0.387. The van der Waals surface area contributed by atoms with Gasteiger partial charge in [0.1, 0.15) is 0 Å². The molecule has 0 aliphatic carbocycles. The predicted molar refractivity (Wildman–Crippen MR) is 95.3 cm³/mol. The van der Waals surface area contributed by atoms with Crippen LogP contribution in [0.4, 0.5) is 5.69 Å². The lowest BCUT2D eigenvalue weighted by atomic mass is 10.1. The van der Waals surface area contributed by atoms with Gasteiger partial charge in [0.2, 0.25) is 0 Å². The van der Waals surface area contributed by atoms with E-state index >= 15 is 0 Å². The molecule has 1 N–H and O–H groups in total. The van der Waals surface area contributed by atoms with Gasteiger partial charge in [-0.15, -0.1) is 11.3 Å². The molecule has 0 bridgehead atoms. The Morgan fingerprint density at radius 1 is 1.19 bits per heavy atom. The maximum Gasteiger partial charge on any atom is 0.0907 e. The quantitative estimate of drug-likeness (QED) is 0.672. The molecule has 3 aromatic rings. The van der Waals surface area contributed by atoms with Gasteiger partial charge < -0.3 is 5.32 Å². The molecule has 1 aromatic heterocycles. The Bertz CT molecular complexity index is 749. The lowest BCUT2D eigenvalue weighted by Crippen LogP contribution is -2.17. The van der Waals surface area contributed by atoms with E-state index in [1.54, 1.807) is 11.3 Å². The smallest absolute Gasteiger partial charge is 0.0907 e. The van der Waals surface area contributed by atoms with Gasteiger partial charge in [-0.1, -0.05) is 28.1 Å². The molecular weight excluding hydrogens is 344 g/mol. The molecule has 3 rings (SSSR count). The SMILES string of the molecule is Cc1nc2ccc(NC(C)Cc3ccc(Br)cc3)cc2s1. The fraction of sp³-hybridized carbons (Fsp3) is 0.235. The monoisotopic (exact) mass is 360 g/mol. The van der Waals surface area contributed by atoms with Crippen molar-refractivity contribution in [1.29, 1.82) is 0 Å². The first kappa shape index (κ1) is 14.5. The molecule has 1 atom stereocenters. The number of nitrogens with zero attached hydrogens (tertiary/aromatic N) is 1. The summed E-state index contributed by atoms with van der Waals surface area (Å²) < 4.78 is 2.37. The summed E-state index contributed by atoms with van der Waals surface area (Å²) in [5.41, 5.74) is 3.59. The minimum Gasteiger partial charge on any atom is -0.382 e. The molecular formula is C17H17BrN2S. The topological polar surface area (TPSA) is 24.9 Å². The van der Waals surface area contributed by atoms with E-state index in [0.717, 1.165) is 27.1 Å². The number of hydrogen-bond donors (Lipinski definition) is 1. The summed E-state index contributed by atoms with van der Waals surface area (Å²) in [5.74, 6) is 0. The van der Waals surface area contributed by atoms with Gasteiger partial charge in [-0.3, -0.25) is 0 Å². The molecule has 0 saturated carbocycles. The van der Waals surface area contributed by atoms with Crippen molar-refractivity contribution in [1.82, 2.24) is 4.98 Å². The molecule has 0 saturated heterocycles. The minimum absolute atomic E-state index is 0.387. The highest BCUT2D eigenvalue weighted by Gasteiger charge is 2.06. The van der Waals surface area contributed by atoms with Crippen LogP contribution in [0.5, 0.6) is 0 Å². The summed E-state index contributed by atoms with van der Waals surface area (Å²) >= 11 is 5.21. The normalized spacial score (nSPS) is 12.5. The molecule has 0 spiro atoms. The van der Waals surface area contributed by atoms with Crippen molar-refractivity contribution in [3.8, 4) is 0 Å². The van der Waals surface area contributed by atoms with E-state index in [9.17, 15) is 0 Å². The number of nitrogens with one attached hydrogen (secondary N) is 1. The van der Waals surface area contributed by atoms with Crippen molar-refractivity contribution in [3.05, 3.63) is 57.5 Å². The summed E-state index contributed by atoms with van der Waals surface area (Å²) in [4.78, 5) is 4.50. The molecule has 0 aliphatic heterocycles. The number of aromatic nitrogens is 1. The second-order valence-corrected chi connectivity index (χ2v) is 7.44. The third-order valence-electron chi connectivity index (χ3n) is 3.36. The van der Waals surface area contributed by atoms with Crippen LogP contribution >= 0.6 is 27.3 Å². The Kier molecular flexibility index (Phi) is 4.27. The Labute approximate surface area is 137 Å². The van der Waals surface area contributed by atoms with Crippen molar-refractivity contribution in [2.75, 3.05) is 5.32 Å². The highest BCUT2D eigenvalue weighted by atomic mass is 79.9. The van der Waals surface area contributed by atoms with Crippen LogP contribution in [-0.4, -0.2) is 11.0 Å². The number of benzene rings is 2. The molecule has 21 heavy (non-hydrogen) atoms. The standard InChI is InChI=1S/C17H17BrN2S/c1-11(9-13-3-5-14(18)6-4-13)19-15-7-8-16-17(10-15)21-12(2)20-16/h3-8,10-11,19H,9H2,1-2H3. The lowest BCUT2D eigenvalue weighted by Gasteiger charge is -2.15. The van der Waals surface area contributed by atoms with Gasteiger partial charge in [-0.05, 0) is 56.2 Å². The summed E-state index contributed by atoms with van der Waals surface area (Å²) in [6, 6.07) is 15.3. The van der Waals surface area contributed by atoms with Crippen LogP contribution in [0, 0.1) is 6.92 Å². The zero-order valence-corrected chi connectivity index (χ0v) is 14.5. The summed E-state index contributed by atoms with van der Waals surface area (Å²) in [5, 5.41) is 4.69. The molecule has 108 valence electrons. The molecule has 0 aliphatic rings. The van der Waals surface area contributed by atoms with Gasteiger partial charge >= 0.3 is 0 Å². The molecule has 2 nitrogen and oxygen atoms in total. The molecule has 0 radical (unpaired) electrons. The Hall–Kier alpha value is -1.39. The highest BCUT2D eigenvalue weighted by Crippen LogP contribution is 2.25. The van der Waals surface area contributed by atoms with E-state index < -0.39 is 0 Å². The second-order valence-electron chi connectivity index (χ2n) is 5.29. The maximum atomic E-state index is 4.50. The molecule has 1 unspecified atom stereocenters. The van der Waals surface area contributed by atoms with Crippen LogP contribution in [0.1, 0.15) is 17.5 Å². The largest absolute Gasteiger partial charge is 0.382 e. The van der Waals surface area contributed by atoms with Gasteiger partial charge in [-0.2, -0.15) is 0 Å². The predicted octanol–water partition coefficient (Wildman–Crippen LogP) is 5.41. The Morgan fingerprint density at radius 2 is 1.95 bits per heavy atom. The highest BCUT2D eigenvalue weighted by molar-refractivity contribution is 9.10. The van der Waals surface area contributed by atoms with Gasteiger partial charge in [0.15, 0.2) is 0 Å². The molecule has 0 amide bonds. The average molecular weight is 361 g/mol. The third-order valence-corrected chi connectivity index (χ3v) is 4.83. The number of rotatable bonds is 4. The van der Waals surface area contributed by atoms with Crippen LogP contribution in [0.25, 0.3) is 10.2 Å². The maximum absolute atomic E-state index is 4.50. The van der Waals surface area contributed by atoms with Gasteiger partial charge in [0, 0.05) is 16.2 Å². The van der Waals surface area contributed by atoms with E-state index in [2.05, 4.69) is 75.6 Å². The Morgan fingerprint density at radius 3 is 2.71 bits per heavy atom. The van der Waals surface area contributed by atoms with Crippen molar-refractivity contribution >= 4 is 43.2 Å². The van der Waals surface area contributed by atoms with Crippen LogP contribution in [0.15, 0.2) is 46.9 Å². The summed E-state index contributed by atoms with van der Waals surface area (Å²) in [7, 11) is 0. The van der Waals surface area contributed by atoms with Crippen LogP contribution < -0.4 is 5.32 Å². The number of anilines is 1. The molecule has 4 heteroatoms. The molecule has 1 heterocycles. The van der Waals surface area contributed by atoms with Crippen molar-refractivity contribution in [2.45, 2.75) is 26.3 Å². The van der Waals surface area contributed by atoms with E-state index in [1.807, 2.05) is 6.92 Å². The number of hydrogen-bond acceptors (Lipinski definition) is 3. The first-order valence-corrected chi connectivity index (χ1v) is 8.59. The first-order chi connectivity index (χ1) is 10.1. The fourth-order valence-electron chi connectivity index (χ4n) is 2.44. The number of halogens is 1. The van der Waals surface area contributed by atoms with Gasteiger partial charge in [0.25, 0.3) is 0 Å². The van der Waals surface area contributed by atoms with E-state index in [1.165, 1.54) is 10.3 Å². The first-order valence-electron chi connectivity index (χ1n) is 6.98. The van der Waals surface area contributed by atoms with Gasteiger partial charge in [-0.25, -0.2) is 4.98 Å². The van der Waals surface area contributed by atoms with Gasteiger partial charge in [0.05, 0.1) is 15.2 Å². The molecule has 0 fully saturated rings. The summed E-state index contributed by atoms with van der Waals surface area (Å²) in [6.07, 6.45) is 1.01. The van der Waals surface area contributed by atoms with Crippen molar-refractivity contribution in [3.63, 3.8) is 0 Å². The third kappa shape index (κ3) is 3.63. The van der Waals surface area contributed by atoms with E-state index in [-0.39, 0.29) is 0 Å². The lowest BCUT2D eigenvalue weighted by molar-refractivity contribution is 0.790. The fourth-order valence-corrected chi connectivity index (χ4v) is 3.57. The van der Waals surface area contributed by atoms with Crippen molar-refractivity contribution in [2.24, 2.45) is 0 Å². The zero-order chi connectivity index (χ0) is 14.8. The average Bonchev–Trinajstić information content (AvgIpc) is 2.80. The zero-order valence-electron chi connectivity index (χ0n) is 12.1. The Balaban J connectivity index is 1.70. The summed E-state index contributed by atoms with van der Waals surface area (Å²) in [6.45, 7) is 4.26. The second kappa shape index (κ2) is 6.16. The van der Waals surface area contributed by atoms with Crippen LogP contribution in [0.3, 0.4) is 0 Å².